The number of alkyl halides is 3. The molecule has 1 amide bonds. The van der Waals surface area contributed by atoms with E-state index >= 15 is 0 Å². The predicted molar refractivity (Wildman–Crippen MR) is 120 cm³/mol. The van der Waals surface area contributed by atoms with Crippen molar-refractivity contribution in [3.05, 3.63) is 64.4 Å². The fourth-order valence-corrected chi connectivity index (χ4v) is 4.79. The Morgan fingerprint density at radius 1 is 0.970 bits per heavy atom. The number of carbonyl (C=O) groups is 1. The van der Waals surface area contributed by atoms with Gasteiger partial charge in [0, 0.05) is 54.9 Å². The van der Waals surface area contributed by atoms with Crippen LogP contribution in [0.25, 0.3) is 0 Å². The van der Waals surface area contributed by atoms with Crippen LogP contribution in [-0.2, 0) is 17.5 Å². The maximum atomic E-state index is 14.1. The Morgan fingerprint density at radius 2 is 1.64 bits per heavy atom. The van der Waals surface area contributed by atoms with Crippen molar-refractivity contribution < 1.29 is 22.4 Å². The number of likely N-dealkylation sites (tertiary alicyclic amines) is 1. The summed E-state index contributed by atoms with van der Waals surface area (Å²) in [6.45, 7) is 3.76. The molecule has 0 spiro atoms. The number of hydrogen-bond donors (Lipinski definition) is 0. The van der Waals surface area contributed by atoms with Crippen LogP contribution in [0.1, 0.15) is 24.0 Å². The minimum Gasteiger partial charge on any atom is -0.368 e. The van der Waals surface area contributed by atoms with Crippen molar-refractivity contribution in [2.75, 3.05) is 44.2 Å². The second kappa shape index (κ2) is 9.89. The Balaban J connectivity index is 1.28. The van der Waals surface area contributed by atoms with Crippen LogP contribution in [0.15, 0.2) is 42.5 Å². The maximum Gasteiger partial charge on any atom is 0.416 e. The molecule has 0 aliphatic carbocycles. The molecular formula is C24H26ClF4N3O. The lowest BCUT2D eigenvalue weighted by Gasteiger charge is -2.39. The van der Waals surface area contributed by atoms with E-state index in [9.17, 15) is 22.4 Å². The number of benzene rings is 2. The summed E-state index contributed by atoms with van der Waals surface area (Å²) in [5, 5.41) is 0.409. The van der Waals surface area contributed by atoms with Crippen LogP contribution < -0.4 is 4.90 Å². The smallest absolute Gasteiger partial charge is 0.368 e. The van der Waals surface area contributed by atoms with Crippen molar-refractivity contribution in [3.8, 4) is 0 Å². The fraction of sp³-hybridized carbons (Fsp3) is 0.458. The lowest BCUT2D eigenvalue weighted by atomic mass is 9.94. The normalized spacial score (nSPS) is 18.6. The molecule has 33 heavy (non-hydrogen) atoms. The first-order chi connectivity index (χ1) is 15.7. The Kier molecular flexibility index (Phi) is 7.14. The number of carbonyl (C=O) groups excluding carboxylic acids is 1. The summed E-state index contributed by atoms with van der Waals surface area (Å²) in [5.74, 6) is -0.306. The third kappa shape index (κ3) is 5.61. The molecule has 2 fully saturated rings. The van der Waals surface area contributed by atoms with E-state index in [1.165, 1.54) is 12.1 Å². The van der Waals surface area contributed by atoms with Gasteiger partial charge in [-0.1, -0.05) is 23.7 Å². The van der Waals surface area contributed by atoms with Gasteiger partial charge in [0.1, 0.15) is 5.82 Å². The van der Waals surface area contributed by atoms with E-state index < -0.39 is 11.7 Å². The van der Waals surface area contributed by atoms with Crippen molar-refractivity contribution in [2.24, 2.45) is 5.92 Å². The molecule has 0 bridgehead atoms. The van der Waals surface area contributed by atoms with Crippen molar-refractivity contribution in [1.82, 2.24) is 9.80 Å². The van der Waals surface area contributed by atoms with Gasteiger partial charge in [-0.2, -0.15) is 13.2 Å². The minimum absolute atomic E-state index is 0.0857. The fourth-order valence-electron chi connectivity index (χ4n) is 4.57. The van der Waals surface area contributed by atoms with Gasteiger partial charge in [-0.3, -0.25) is 9.69 Å². The van der Waals surface area contributed by atoms with Gasteiger partial charge in [-0.25, -0.2) is 4.39 Å². The summed E-state index contributed by atoms with van der Waals surface area (Å²) in [5.41, 5.74) is 0.341. The zero-order valence-corrected chi connectivity index (χ0v) is 18.9. The van der Waals surface area contributed by atoms with Gasteiger partial charge in [0.25, 0.3) is 0 Å². The van der Waals surface area contributed by atoms with Crippen LogP contribution in [0.2, 0.25) is 5.02 Å². The van der Waals surface area contributed by atoms with E-state index in [4.69, 9.17) is 11.6 Å². The first-order valence-corrected chi connectivity index (χ1v) is 11.5. The first-order valence-electron chi connectivity index (χ1n) is 11.1. The average Bonchev–Trinajstić information content (AvgIpc) is 2.81. The molecule has 0 unspecified atom stereocenters. The zero-order chi connectivity index (χ0) is 23.6. The van der Waals surface area contributed by atoms with Gasteiger partial charge in [0.05, 0.1) is 5.56 Å². The highest BCUT2D eigenvalue weighted by molar-refractivity contribution is 6.31. The topological polar surface area (TPSA) is 26.8 Å². The van der Waals surface area contributed by atoms with Crippen LogP contribution >= 0.6 is 11.6 Å². The van der Waals surface area contributed by atoms with Gasteiger partial charge in [0.15, 0.2) is 0 Å². The number of piperazine rings is 1. The molecular weight excluding hydrogens is 458 g/mol. The number of hydrogen-bond acceptors (Lipinski definition) is 3. The number of nitrogens with zero attached hydrogens (tertiary/aromatic N) is 3. The summed E-state index contributed by atoms with van der Waals surface area (Å²) in [4.78, 5) is 18.8. The van der Waals surface area contributed by atoms with Crippen molar-refractivity contribution in [2.45, 2.75) is 25.6 Å². The van der Waals surface area contributed by atoms with Crippen LogP contribution in [0, 0.1) is 11.7 Å². The third-order valence-electron chi connectivity index (χ3n) is 6.51. The van der Waals surface area contributed by atoms with Crippen molar-refractivity contribution in [1.29, 1.82) is 0 Å². The Hall–Kier alpha value is -2.32. The van der Waals surface area contributed by atoms with E-state index in [1.54, 1.807) is 18.2 Å². The van der Waals surface area contributed by atoms with Crippen molar-refractivity contribution in [3.63, 3.8) is 0 Å². The molecule has 0 radical (unpaired) electrons. The second-order valence-corrected chi connectivity index (χ2v) is 9.02. The van der Waals surface area contributed by atoms with Crippen LogP contribution in [-0.4, -0.2) is 55.0 Å². The van der Waals surface area contributed by atoms with E-state index in [-0.39, 0.29) is 17.6 Å². The van der Waals surface area contributed by atoms with Gasteiger partial charge in [-0.05, 0) is 56.3 Å². The molecule has 2 heterocycles. The average molecular weight is 484 g/mol. The summed E-state index contributed by atoms with van der Waals surface area (Å²) in [6.07, 6.45) is -2.99. The zero-order valence-electron chi connectivity index (χ0n) is 18.1. The maximum absolute atomic E-state index is 14.1. The molecule has 0 aromatic heterocycles. The molecule has 2 aliphatic heterocycles. The summed E-state index contributed by atoms with van der Waals surface area (Å²) in [6, 6.07) is 9.97. The molecule has 0 atom stereocenters. The summed E-state index contributed by atoms with van der Waals surface area (Å²) >= 11 is 6.13. The van der Waals surface area contributed by atoms with Gasteiger partial charge < -0.3 is 9.80 Å². The van der Waals surface area contributed by atoms with Gasteiger partial charge in [0.2, 0.25) is 5.91 Å². The van der Waals surface area contributed by atoms with E-state index in [2.05, 4.69) is 4.90 Å². The molecule has 0 N–H and O–H groups in total. The lowest BCUT2D eigenvalue weighted by molar-refractivity contribution is -0.138. The third-order valence-corrected chi connectivity index (χ3v) is 6.86. The number of anilines is 1. The van der Waals surface area contributed by atoms with Crippen LogP contribution in [0.3, 0.4) is 0 Å². The number of rotatable bonds is 4. The Bertz CT molecular complexity index is 964. The molecule has 2 aromatic carbocycles. The highest BCUT2D eigenvalue weighted by Gasteiger charge is 2.33. The van der Waals surface area contributed by atoms with Crippen LogP contribution in [0.4, 0.5) is 23.2 Å². The molecule has 2 saturated heterocycles. The molecule has 4 nitrogen and oxygen atoms in total. The Morgan fingerprint density at radius 3 is 2.27 bits per heavy atom. The highest BCUT2D eigenvalue weighted by Crippen LogP contribution is 2.32. The molecule has 0 saturated carbocycles. The molecule has 2 aliphatic rings. The lowest BCUT2D eigenvalue weighted by Crippen LogP contribution is -2.51. The van der Waals surface area contributed by atoms with Gasteiger partial charge in [-0.15, -0.1) is 0 Å². The second-order valence-electron chi connectivity index (χ2n) is 8.61. The largest absolute Gasteiger partial charge is 0.416 e. The summed E-state index contributed by atoms with van der Waals surface area (Å²) in [7, 11) is 0. The predicted octanol–water partition coefficient (Wildman–Crippen LogP) is 5.06. The minimum atomic E-state index is -4.37. The molecule has 4 rings (SSSR count). The monoisotopic (exact) mass is 483 g/mol. The van der Waals surface area contributed by atoms with E-state index in [0.29, 0.717) is 74.9 Å². The Labute approximate surface area is 195 Å². The number of halogens is 5. The first kappa shape index (κ1) is 23.8. The van der Waals surface area contributed by atoms with E-state index in [0.717, 1.165) is 12.1 Å². The SMILES string of the molecule is O=C(C1CCN(Cc2c(F)cccc2Cl)CC1)N1CCN(c2cccc(C(F)(F)F)c2)CC1. The summed E-state index contributed by atoms with van der Waals surface area (Å²) < 4.78 is 53.1. The molecule has 178 valence electrons. The quantitative estimate of drug-likeness (QED) is 0.569. The number of amides is 1. The molecule has 2 aromatic rings. The standard InChI is InChI=1S/C24H26ClF4N3O/c25-21-5-2-6-22(26)20(21)16-30-9-7-17(8-10-30)23(33)32-13-11-31(12-14-32)19-4-1-3-18(15-19)24(27,28)29/h1-6,15,17H,7-14,16H2. The molecule has 9 heteroatoms. The highest BCUT2D eigenvalue weighted by atomic mass is 35.5. The van der Waals surface area contributed by atoms with Gasteiger partial charge >= 0.3 is 6.18 Å². The van der Waals surface area contributed by atoms with Crippen molar-refractivity contribution >= 4 is 23.2 Å². The van der Waals surface area contributed by atoms with Crippen LogP contribution in [0.5, 0.6) is 0 Å². The van der Waals surface area contributed by atoms with E-state index in [1.807, 2.05) is 9.80 Å². The number of piperidine rings is 1.